The van der Waals surface area contributed by atoms with E-state index >= 15 is 0 Å². The van der Waals surface area contributed by atoms with Gasteiger partial charge in [0.25, 0.3) is 0 Å². The van der Waals surface area contributed by atoms with E-state index in [4.69, 9.17) is 5.73 Å². The van der Waals surface area contributed by atoms with Crippen molar-refractivity contribution in [3.8, 4) is 0 Å². The first-order valence-electron chi connectivity index (χ1n) is 4.17. The fraction of sp³-hybridized carbons (Fsp3) is 0.300. The Morgan fingerprint density at radius 3 is 3.17 bits per heavy atom. The van der Waals surface area contributed by atoms with E-state index in [2.05, 4.69) is 18.0 Å². The molecule has 0 aliphatic heterocycles. The van der Waals surface area contributed by atoms with Crippen molar-refractivity contribution >= 4 is 6.08 Å². The fourth-order valence-corrected chi connectivity index (χ4v) is 1.54. The molecule has 0 radical (unpaired) electrons. The van der Waals surface area contributed by atoms with E-state index in [0.717, 1.165) is 0 Å². The zero-order valence-corrected chi connectivity index (χ0v) is 7.07. The van der Waals surface area contributed by atoms with Crippen LogP contribution in [0, 0.1) is 0 Å². The van der Waals surface area contributed by atoms with E-state index in [1.165, 1.54) is 11.1 Å². The van der Waals surface area contributed by atoms with Gasteiger partial charge in [0.1, 0.15) is 0 Å². The van der Waals surface area contributed by atoms with Crippen LogP contribution in [-0.4, -0.2) is 11.0 Å². The third-order valence-electron chi connectivity index (χ3n) is 2.45. The quantitative estimate of drug-likeness (QED) is 0.625. The smallest absolute Gasteiger partial charge is 0.0309 e. The van der Waals surface area contributed by atoms with Gasteiger partial charge in [0.15, 0.2) is 0 Å². The molecule has 0 fully saturated rings. The molecule has 0 aromatic carbocycles. The van der Waals surface area contributed by atoms with Crippen LogP contribution in [-0.2, 0) is 0 Å². The Balaban J connectivity index is 2.52. The van der Waals surface area contributed by atoms with Crippen molar-refractivity contribution in [3.05, 3.63) is 35.7 Å². The average molecular weight is 160 g/mol. The Hall–Kier alpha value is -1.15. The number of aromatic nitrogens is 1. The summed E-state index contributed by atoms with van der Waals surface area (Å²) in [5.41, 5.74) is 8.38. The summed E-state index contributed by atoms with van der Waals surface area (Å²) in [6.45, 7) is 2.13. The highest BCUT2D eigenvalue weighted by Gasteiger charge is 2.18. The van der Waals surface area contributed by atoms with Crippen LogP contribution >= 0.6 is 0 Å². The highest BCUT2D eigenvalue weighted by atomic mass is 14.7. The molecule has 0 amide bonds. The van der Waals surface area contributed by atoms with Crippen LogP contribution in [0.5, 0.6) is 0 Å². The Labute approximate surface area is 72.1 Å². The summed E-state index contributed by atoms with van der Waals surface area (Å²) in [5.74, 6) is 0.388. The number of rotatable bonds is 0. The van der Waals surface area contributed by atoms with Crippen LogP contribution < -0.4 is 5.73 Å². The van der Waals surface area contributed by atoms with Crippen molar-refractivity contribution in [1.29, 1.82) is 0 Å². The maximum atomic E-state index is 5.88. The maximum absolute atomic E-state index is 5.88. The maximum Gasteiger partial charge on any atom is 0.0309 e. The van der Waals surface area contributed by atoms with Crippen molar-refractivity contribution in [2.24, 2.45) is 5.73 Å². The lowest BCUT2D eigenvalue weighted by Crippen LogP contribution is -2.26. The zero-order chi connectivity index (χ0) is 8.55. The molecule has 2 atom stereocenters. The first-order valence-corrected chi connectivity index (χ1v) is 4.17. The minimum absolute atomic E-state index is 0.140. The van der Waals surface area contributed by atoms with E-state index < -0.39 is 0 Å². The van der Waals surface area contributed by atoms with Crippen molar-refractivity contribution in [2.45, 2.75) is 18.9 Å². The SMILES string of the molecule is CC1c2cnccc2C=CC1N. The van der Waals surface area contributed by atoms with Crippen molar-refractivity contribution in [2.75, 3.05) is 0 Å². The van der Waals surface area contributed by atoms with Crippen LogP contribution in [0.15, 0.2) is 24.5 Å². The molecule has 2 nitrogen and oxygen atoms in total. The van der Waals surface area contributed by atoms with Gasteiger partial charge in [-0.25, -0.2) is 0 Å². The summed E-state index contributed by atoms with van der Waals surface area (Å²) in [5, 5.41) is 0. The molecule has 0 bridgehead atoms. The summed E-state index contributed by atoms with van der Waals surface area (Å²) in [6.07, 6.45) is 7.84. The normalized spacial score (nSPS) is 26.8. The van der Waals surface area contributed by atoms with Gasteiger partial charge in [-0.05, 0) is 17.2 Å². The summed E-state index contributed by atoms with van der Waals surface area (Å²) in [6, 6.07) is 2.16. The number of pyridine rings is 1. The van der Waals surface area contributed by atoms with Gasteiger partial charge in [-0.1, -0.05) is 19.1 Å². The molecule has 2 rings (SSSR count). The highest BCUT2D eigenvalue weighted by molar-refractivity contribution is 5.58. The Kier molecular flexibility index (Phi) is 1.70. The number of fused-ring (bicyclic) bond motifs is 1. The molecule has 1 aliphatic carbocycles. The third kappa shape index (κ3) is 1.04. The van der Waals surface area contributed by atoms with Gasteiger partial charge in [-0.3, -0.25) is 4.98 Å². The minimum Gasteiger partial charge on any atom is -0.324 e. The Morgan fingerprint density at radius 2 is 2.33 bits per heavy atom. The minimum atomic E-state index is 0.140. The van der Waals surface area contributed by atoms with E-state index in [0.29, 0.717) is 5.92 Å². The molecule has 0 spiro atoms. The van der Waals surface area contributed by atoms with Gasteiger partial charge in [-0.15, -0.1) is 0 Å². The van der Waals surface area contributed by atoms with Gasteiger partial charge >= 0.3 is 0 Å². The Bertz CT molecular complexity index is 317. The molecule has 1 aliphatic rings. The van der Waals surface area contributed by atoms with Crippen LogP contribution in [0.1, 0.15) is 24.0 Å². The summed E-state index contributed by atoms with van der Waals surface area (Å²) in [4.78, 5) is 4.09. The average Bonchev–Trinajstić information content (AvgIpc) is 2.12. The summed E-state index contributed by atoms with van der Waals surface area (Å²) in [7, 11) is 0. The summed E-state index contributed by atoms with van der Waals surface area (Å²) < 4.78 is 0. The highest BCUT2D eigenvalue weighted by Crippen LogP contribution is 2.27. The topological polar surface area (TPSA) is 38.9 Å². The number of hydrogen-bond donors (Lipinski definition) is 1. The molecule has 1 aromatic rings. The van der Waals surface area contributed by atoms with E-state index in [1.807, 2.05) is 24.5 Å². The number of nitrogens with two attached hydrogens (primary N) is 1. The van der Waals surface area contributed by atoms with Gasteiger partial charge in [-0.2, -0.15) is 0 Å². The van der Waals surface area contributed by atoms with Crippen LogP contribution in [0.25, 0.3) is 6.08 Å². The van der Waals surface area contributed by atoms with Crippen molar-refractivity contribution < 1.29 is 0 Å². The zero-order valence-electron chi connectivity index (χ0n) is 7.07. The molecule has 1 aromatic heterocycles. The van der Waals surface area contributed by atoms with E-state index in [9.17, 15) is 0 Å². The first kappa shape index (κ1) is 7.50. The van der Waals surface area contributed by atoms with Crippen LogP contribution in [0.2, 0.25) is 0 Å². The lowest BCUT2D eigenvalue weighted by Gasteiger charge is -2.22. The third-order valence-corrected chi connectivity index (χ3v) is 2.45. The fourth-order valence-electron chi connectivity index (χ4n) is 1.54. The molecule has 0 saturated heterocycles. The molecule has 1 heterocycles. The van der Waals surface area contributed by atoms with Gasteiger partial charge < -0.3 is 5.73 Å². The molecule has 62 valence electrons. The molecule has 12 heavy (non-hydrogen) atoms. The molecular formula is C10H12N2. The van der Waals surface area contributed by atoms with Gasteiger partial charge in [0.2, 0.25) is 0 Å². The second-order valence-electron chi connectivity index (χ2n) is 3.23. The number of hydrogen-bond acceptors (Lipinski definition) is 2. The molecule has 2 N–H and O–H groups in total. The second kappa shape index (κ2) is 2.72. The molecule has 2 unspecified atom stereocenters. The van der Waals surface area contributed by atoms with Crippen LogP contribution in [0.3, 0.4) is 0 Å². The van der Waals surface area contributed by atoms with E-state index in [-0.39, 0.29) is 6.04 Å². The van der Waals surface area contributed by atoms with Crippen LogP contribution in [0.4, 0.5) is 0 Å². The lowest BCUT2D eigenvalue weighted by molar-refractivity contribution is 0.655. The van der Waals surface area contributed by atoms with Crippen molar-refractivity contribution in [3.63, 3.8) is 0 Å². The first-order chi connectivity index (χ1) is 5.79. The lowest BCUT2D eigenvalue weighted by atomic mass is 9.87. The number of nitrogens with zero attached hydrogens (tertiary/aromatic N) is 1. The van der Waals surface area contributed by atoms with Crippen molar-refractivity contribution in [1.82, 2.24) is 4.98 Å². The molecule has 2 heteroatoms. The monoisotopic (exact) mass is 160 g/mol. The van der Waals surface area contributed by atoms with Gasteiger partial charge in [0, 0.05) is 24.4 Å². The van der Waals surface area contributed by atoms with E-state index in [1.54, 1.807) is 0 Å². The largest absolute Gasteiger partial charge is 0.324 e. The second-order valence-corrected chi connectivity index (χ2v) is 3.23. The standard InChI is InChI=1S/C10H12N2/c1-7-9-6-12-5-4-8(9)2-3-10(7)11/h2-7,10H,11H2,1H3. The molecule has 0 saturated carbocycles. The predicted molar refractivity (Wildman–Crippen MR) is 49.7 cm³/mol. The molecular weight excluding hydrogens is 148 g/mol. The van der Waals surface area contributed by atoms with Gasteiger partial charge in [0.05, 0.1) is 0 Å². The summed E-state index contributed by atoms with van der Waals surface area (Å²) >= 11 is 0. The predicted octanol–water partition coefficient (Wildman–Crippen LogP) is 1.54. The Morgan fingerprint density at radius 1 is 1.50 bits per heavy atom.